The molecule has 7 atom stereocenters. The maximum absolute atomic E-state index is 11.2. The Morgan fingerprint density at radius 2 is 0.800 bits per heavy atom. The quantitative estimate of drug-likeness (QED) is 0.0628. The maximum atomic E-state index is 11.2. The van der Waals surface area contributed by atoms with Crippen LogP contribution in [0.15, 0.2) is 23.0 Å². The third-order valence-corrected chi connectivity index (χ3v) is 7.67. The fourth-order valence-electron chi connectivity index (χ4n) is 4.90. The first-order chi connectivity index (χ1) is 25.2. The number of esters is 4. The minimum atomic E-state index is -1.50. The molecular formula is C35H48O20. The molecule has 4 heterocycles. The van der Waals surface area contributed by atoms with Gasteiger partial charge in [0.2, 0.25) is 17.6 Å². The summed E-state index contributed by atoms with van der Waals surface area (Å²) in [5.74, 6) is -12.0. The molecule has 20 nitrogen and oxygen atoms in total. The van der Waals surface area contributed by atoms with E-state index in [1.807, 2.05) is 41.5 Å². The molecular weight excluding hydrogens is 740 g/mol. The van der Waals surface area contributed by atoms with Crippen molar-refractivity contribution in [3.8, 4) is 0 Å². The molecule has 0 saturated carbocycles. The summed E-state index contributed by atoms with van der Waals surface area (Å²) in [6.07, 6.45) is -7.00. The molecule has 20 heteroatoms. The number of carbonyl (C=O) groups excluding carboxylic acids is 9. The molecule has 4 aliphatic heterocycles. The van der Waals surface area contributed by atoms with Crippen LogP contribution in [0.2, 0.25) is 0 Å². The Bertz CT molecular complexity index is 1510. The van der Waals surface area contributed by atoms with Crippen LogP contribution in [0.4, 0.5) is 0 Å². The number of aliphatic hydroxyl groups excluding tert-OH is 7. The van der Waals surface area contributed by atoms with Crippen molar-refractivity contribution in [2.75, 3.05) is 0 Å². The van der Waals surface area contributed by atoms with Crippen molar-refractivity contribution >= 4 is 52.8 Å². The predicted octanol–water partition coefficient (Wildman–Crippen LogP) is 0.0249. The zero-order valence-electron chi connectivity index (χ0n) is 31.4. The van der Waals surface area contributed by atoms with Gasteiger partial charge in [-0.05, 0) is 37.0 Å². The Morgan fingerprint density at radius 1 is 0.491 bits per heavy atom. The fraction of sp³-hybridized carbons (Fsp3) is 0.629. The summed E-state index contributed by atoms with van der Waals surface area (Å²) in [5.41, 5.74) is 0. The van der Waals surface area contributed by atoms with Crippen LogP contribution in [0.25, 0.3) is 0 Å². The Morgan fingerprint density at radius 3 is 1.04 bits per heavy atom. The van der Waals surface area contributed by atoms with E-state index in [9.17, 15) is 68.7 Å². The minimum Gasteiger partial charge on any atom is -0.505 e. The van der Waals surface area contributed by atoms with Gasteiger partial charge in [-0.1, -0.05) is 55.4 Å². The SMILES string of the molecule is CC(C)C(=O)C1OC(=O)C(=O)C1=O.CC(C)CC(O)C1OC(=O)C(=O)C1=O.CC(C)CC(O)C1OC(=O)C(O)=C1O.CC(C)CC(O)C1OC(=O)C(O)=C1O. The number of ketones is 5. The number of rotatable bonds is 11. The molecule has 7 N–H and O–H groups in total. The molecule has 2 saturated heterocycles. The molecule has 0 amide bonds. The van der Waals surface area contributed by atoms with Crippen molar-refractivity contribution in [3.05, 3.63) is 23.0 Å². The Hall–Kier alpha value is -5.21. The van der Waals surface area contributed by atoms with Crippen molar-refractivity contribution in [2.45, 2.75) is 117 Å². The third kappa shape index (κ3) is 13.0. The number of Topliss-reactive ketones (excluding diaryl/α,β-unsaturated/α-hetero) is 5. The number of aliphatic hydroxyl groups is 7. The average molecular weight is 789 g/mol. The van der Waals surface area contributed by atoms with Crippen LogP contribution in [0.1, 0.15) is 74.7 Å². The van der Waals surface area contributed by atoms with Crippen LogP contribution in [-0.2, 0) is 62.1 Å². The van der Waals surface area contributed by atoms with E-state index in [1.54, 1.807) is 13.8 Å². The van der Waals surface area contributed by atoms with E-state index in [1.165, 1.54) is 0 Å². The molecule has 7 unspecified atom stereocenters. The molecule has 0 aromatic rings. The standard InChI is InChI=1S/2C9H14O5.C9H12O5.C8H8O5/c3*1-4(2)3-5(10)8-6(11)7(12)9(13)14-8;1-3(2)4(9)7-5(10)6(11)8(12)13-7/h2*4-5,8,10-12H,3H2,1-2H3;4-5,8,10H,3H2,1-2H3;3,7H,1-2H3. The second kappa shape index (κ2) is 20.5. The fourth-order valence-corrected chi connectivity index (χ4v) is 4.90. The lowest BCUT2D eigenvalue weighted by Gasteiger charge is -2.18. The van der Waals surface area contributed by atoms with Crippen LogP contribution in [0.3, 0.4) is 0 Å². The van der Waals surface area contributed by atoms with Crippen LogP contribution in [0.5, 0.6) is 0 Å². The molecule has 0 spiro atoms. The van der Waals surface area contributed by atoms with E-state index in [2.05, 4.69) is 18.9 Å². The average Bonchev–Trinajstić information content (AvgIpc) is 3.70. The first-order valence-corrected chi connectivity index (χ1v) is 17.1. The summed E-state index contributed by atoms with van der Waals surface area (Å²) in [7, 11) is 0. The van der Waals surface area contributed by atoms with Crippen LogP contribution in [-0.4, -0.2) is 131 Å². The molecule has 0 radical (unpaired) electrons. The van der Waals surface area contributed by atoms with Gasteiger partial charge in [0.25, 0.3) is 11.6 Å². The molecule has 4 aliphatic rings. The number of ether oxygens (including phenoxy) is 4. The van der Waals surface area contributed by atoms with Gasteiger partial charge < -0.3 is 54.7 Å². The van der Waals surface area contributed by atoms with Crippen molar-refractivity contribution in [1.82, 2.24) is 0 Å². The predicted molar refractivity (Wildman–Crippen MR) is 180 cm³/mol. The smallest absolute Gasteiger partial charge is 0.384 e. The van der Waals surface area contributed by atoms with Gasteiger partial charge in [-0.2, -0.15) is 0 Å². The second-order valence-corrected chi connectivity index (χ2v) is 14.3. The van der Waals surface area contributed by atoms with E-state index < -0.39 is 124 Å². The first-order valence-electron chi connectivity index (χ1n) is 17.1. The van der Waals surface area contributed by atoms with Gasteiger partial charge in [0, 0.05) is 5.92 Å². The highest BCUT2D eigenvalue weighted by Gasteiger charge is 2.47. The number of hydrogen-bond donors (Lipinski definition) is 7. The molecule has 2 fully saturated rings. The van der Waals surface area contributed by atoms with Gasteiger partial charge in [0.05, 0.1) is 18.3 Å². The van der Waals surface area contributed by atoms with E-state index in [4.69, 9.17) is 10.2 Å². The summed E-state index contributed by atoms with van der Waals surface area (Å²) < 4.78 is 18.0. The van der Waals surface area contributed by atoms with Gasteiger partial charge in [-0.25, -0.2) is 19.2 Å². The van der Waals surface area contributed by atoms with E-state index in [0.29, 0.717) is 19.3 Å². The monoisotopic (exact) mass is 788 g/mol. The number of carbonyl (C=O) groups is 9. The Labute approximate surface area is 314 Å². The number of cyclic esters (lactones) is 4. The second-order valence-electron chi connectivity index (χ2n) is 14.3. The summed E-state index contributed by atoms with van der Waals surface area (Å²) in [6.45, 7) is 14.4. The van der Waals surface area contributed by atoms with Crippen molar-refractivity contribution in [2.24, 2.45) is 23.7 Å². The summed E-state index contributed by atoms with van der Waals surface area (Å²) >= 11 is 0. The van der Waals surface area contributed by atoms with E-state index in [0.717, 1.165) is 0 Å². The molecule has 0 aromatic carbocycles. The van der Waals surface area contributed by atoms with Crippen LogP contribution in [0, 0.1) is 23.7 Å². The molecule has 55 heavy (non-hydrogen) atoms. The molecule has 0 aliphatic carbocycles. The van der Waals surface area contributed by atoms with E-state index >= 15 is 0 Å². The molecule has 4 rings (SSSR count). The molecule has 0 bridgehead atoms. The summed E-state index contributed by atoms with van der Waals surface area (Å²) in [4.78, 5) is 97.5. The third-order valence-electron chi connectivity index (χ3n) is 7.67. The lowest BCUT2D eigenvalue weighted by Crippen LogP contribution is -2.34. The maximum Gasteiger partial charge on any atom is 0.384 e. The normalized spacial score (nSPS) is 23.8. The van der Waals surface area contributed by atoms with Crippen LogP contribution >= 0.6 is 0 Å². The zero-order chi connectivity index (χ0) is 42.8. The highest BCUT2D eigenvalue weighted by atomic mass is 16.6. The van der Waals surface area contributed by atoms with Crippen molar-refractivity contribution in [3.63, 3.8) is 0 Å². The summed E-state index contributed by atoms with van der Waals surface area (Å²) in [5, 5.41) is 65.0. The molecule has 0 aromatic heterocycles. The highest BCUT2D eigenvalue weighted by molar-refractivity contribution is 6.67. The Kier molecular flexibility index (Phi) is 17.8. The summed E-state index contributed by atoms with van der Waals surface area (Å²) in [6, 6.07) is 0. The van der Waals surface area contributed by atoms with Gasteiger partial charge in [0.15, 0.2) is 35.6 Å². The van der Waals surface area contributed by atoms with Crippen molar-refractivity contribution < 1.29 is 97.8 Å². The molecule has 308 valence electrons. The first kappa shape index (κ1) is 47.8. The Balaban J connectivity index is 0.000000367. The largest absolute Gasteiger partial charge is 0.505 e. The lowest BCUT2D eigenvalue weighted by atomic mass is 9.99. The zero-order valence-corrected chi connectivity index (χ0v) is 31.4. The van der Waals surface area contributed by atoms with E-state index in [-0.39, 0.29) is 17.8 Å². The minimum absolute atomic E-state index is 0.159. The number of hydrogen-bond acceptors (Lipinski definition) is 20. The van der Waals surface area contributed by atoms with Gasteiger partial charge in [0.1, 0.15) is 0 Å². The van der Waals surface area contributed by atoms with Gasteiger partial charge in [-0.3, -0.25) is 24.0 Å². The topological polar surface area (TPSA) is 332 Å². The van der Waals surface area contributed by atoms with Gasteiger partial charge >= 0.3 is 35.4 Å². The van der Waals surface area contributed by atoms with Crippen LogP contribution < -0.4 is 0 Å². The van der Waals surface area contributed by atoms with Gasteiger partial charge in [-0.15, -0.1) is 0 Å². The lowest BCUT2D eigenvalue weighted by molar-refractivity contribution is -0.152. The highest BCUT2D eigenvalue weighted by Crippen LogP contribution is 2.25. The van der Waals surface area contributed by atoms with Crippen molar-refractivity contribution in [1.29, 1.82) is 0 Å².